The van der Waals surface area contributed by atoms with Gasteiger partial charge in [-0.2, -0.15) is 0 Å². The maximum atomic E-state index is 13.9. The topological polar surface area (TPSA) is 113 Å². The van der Waals surface area contributed by atoms with Crippen LogP contribution in [0.3, 0.4) is 0 Å². The van der Waals surface area contributed by atoms with Crippen molar-refractivity contribution in [1.29, 1.82) is 0 Å². The molecular formula is C31H34N4O5S. The first-order valence-electron chi connectivity index (χ1n) is 14.5. The Morgan fingerprint density at radius 2 is 1.93 bits per heavy atom. The molecule has 41 heavy (non-hydrogen) atoms. The number of pyridine rings is 1. The first kappa shape index (κ1) is 27.5. The van der Waals surface area contributed by atoms with Gasteiger partial charge in [0.25, 0.3) is 0 Å². The number of hydrogen-bond acceptors (Lipinski definition) is 7. The Balaban J connectivity index is 1.25. The Morgan fingerprint density at radius 3 is 2.59 bits per heavy atom. The molecule has 3 aliphatic rings. The number of nitrogens with zero attached hydrogens (tertiary/aromatic N) is 4. The summed E-state index contributed by atoms with van der Waals surface area (Å²) >= 11 is 1.41. The minimum Gasteiger partial charge on any atom is -0.481 e. The second kappa shape index (κ2) is 12.1. The Bertz CT molecular complexity index is 1410. The molecule has 9 nitrogen and oxygen atoms in total. The van der Waals surface area contributed by atoms with E-state index in [4.69, 9.17) is 9.72 Å². The van der Waals surface area contributed by atoms with Crippen LogP contribution < -0.4 is 9.80 Å². The van der Waals surface area contributed by atoms with E-state index in [2.05, 4.69) is 4.98 Å². The van der Waals surface area contributed by atoms with Gasteiger partial charge >= 0.3 is 5.97 Å². The number of thiazole rings is 1. The second-order valence-corrected chi connectivity index (χ2v) is 11.9. The number of rotatable bonds is 10. The number of carbonyl (C=O) groups is 3. The molecule has 6 rings (SSSR count). The number of anilines is 2. The van der Waals surface area contributed by atoms with Crippen molar-refractivity contribution in [2.75, 3.05) is 23.0 Å². The van der Waals surface area contributed by atoms with Crippen LogP contribution in [0.5, 0.6) is 0 Å². The molecule has 4 heterocycles. The van der Waals surface area contributed by atoms with E-state index in [1.807, 2.05) is 41.8 Å². The van der Waals surface area contributed by atoms with Crippen LogP contribution in [0.15, 0.2) is 48.0 Å². The third kappa shape index (κ3) is 6.18. The lowest BCUT2D eigenvalue weighted by molar-refractivity contribution is -0.141. The molecule has 2 aromatic heterocycles. The second-order valence-electron chi connectivity index (χ2n) is 11.1. The van der Waals surface area contributed by atoms with Gasteiger partial charge in [-0.25, -0.2) is 9.97 Å². The van der Waals surface area contributed by atoms with E-state index in [0.717, 1.165) is 60.9 Å². The molecule has 0 spiro atoms. The van der Waals surface area contributed by atoms with Crippen LogP contribution >= 0.6 is 11.3 Å². The summed E-state index contributed by atoms with van der Waals surface area (Å²) in [6.07, 6.45) is 7.98. The van der Waals surface area contributed by atoms with Gasteiger partial charge < -0.3 is 9.84 Å². The van der Waals surface area contributed by atoms with Gasteiger partial charge in [0.1, 0.15) is 5.82 Å². The molecule has 2 atom stereocenters. The standard InChI is InChI=1S/C31H34N4O5S/c36-28-9-5-14-34(28)27-13-10-20(18-32-27)24-7-1-2-8-25(24)26-19-41-31(33-26)35(22-11-12-22)30(39)21(17-29(37)38)16-23-6-3-4-15-40-23/h1-2,7-8,10,13,18-19,21-23H,3-6,9,11-12,14-17H2,(H,37,38)/t21-,23?/m1/s1. The van der Waals surface area contributed by atoms with Gasteiger partial charge in [0.05, 0.1) is 24.1 Å². The highest BCUT2D eigenvalue weighted by molar-refractivity contribution is 7.14. The number of hydrogen-bond donors (Lipinski definition) is 1. The highest BCUT2D eigenvalue weighted by atomic mass is 32.1. The highest BCUT2D eigenvalue weighted by Gasteiger charge is 2.40. The molecule has 1 unspecified atom stereocenters. The van der Waals surface area contributed by atoms with Gasteiger partial charge in [0.15, 0.2) is 5.13 Å². The summed E-state index contributed by atoms with van der Waals surface area (Å²) in [6.45, 7) is 1.36. The molecule has 0 bridgehead atoms. The molecule has 3 aromatic rings. The third-order valence-electron chi connectivity index (χ3n) is 8.05. The van der Waals surface area contributed by atoms with Crippen molar-refractivity contribution in [3.63, 3.8) is 0 Å². The van der Waals surface area contributed by atoms with E-state index in [1.165, 1.54) is 11.3 Å². The number of carboxylic acids is 1. The molecule has 1 aromatic carbocycles. The quantitative estimate of drug-likeness (QED) is 0.338. The SMILES string of the molecule is O=C(O)C[C@@H](CC1CCCCO1)C(=O)N(c1nc(-c2ccccc2-c2ccc(N3CCCC3=O)nc2)cs1)C1CC1. The van der Waals surface area contributed by atoms with Gasteiger partial charge in [-0.15, -0.1) is 11.3 Å². The number of aliphatic carboxylic acids is 1. The Labute approximate surface area is 243 Å². The first-order valence-corrected chi connectivity index (χ1v) is 15.3. The number of amides is 2. The van der Waals surface area contributed by atoms with Crippen molar-refractivity contribution >= 4 is 40.1 Å². The fourth-order valence-electron chi connectivity index (χ4n) is 5.80. The summed E-state index contributed by atoms with van der Waals surface area (Å²) in [4.78, 5) is 50.7. The summed E-state index contributed by atoms with van der Waals surface area (Å²) < 4.78 is 5.86. The maximum absolute atomic E-state index is 13.9. The summed E-state index contributed by atoms with van der Waals surface area (Å²) in [5.41, 5.74) is 3.54. The molecule has 3 fully saturated rings. The number of carbonyl (C=O) groups excluding carboxylic acids is 2. The molecule has 214 valence electrons. The van der Waals surface area contributed by atoms with Crippen LogP contribution in [0.2, 0.25) is 0 Å². The van der Waals surface area contributed by atoms with Crippen LogP contribution in [0.1, 0.15) is 57.8 Å². The lowest BCUT2D eigenvalue weighted by atomic mass is 9.93. The van der Waals surface area contributed by atoms with E-state index < -0.39 is 11.9 Å². The Morgan fingerprint density at radius 1 is 1.10 bits per heavy atom. The molecule has 1 N–H and O–H groups in total. The number of aromatic nitrogens is 2. The zero-order valence-electron chi connectivity index (χ0n) is 22.9. The van der Waals surface area contributed by atoms with Crippen molar-refractivity contribution in [2.45, 2.75) is 69.9 Å². The Hall–Kier alpha value is -3.63. The van der Waals surface area contributed by atoms with E-state index in [0.29, 0.717) is 36.9 Å². The van der Waals surface area contributed by atoms with E-state index in [9.17, 15) is 19.5 Å². The predicted molar refractivity (Wildman–Crippen MR) is 157 cm³/mol. The van der Waals surface area contributed by atoms with Crippen LogP contribution in [0.4, 0.5) is 10.9 Å². The van der Waals surface area contributed by atoms with Crippen LogP contribution in [0, 0.1) is 5.92 Å². The molecule has 0 radical (unpaired) electrons. The zero-order chi connectivity index (χ0) is 28.3. The minimum absolute atomic E-state index is 0.0466. The predicted octanol–water partition coefficient (Wildman–Crippen LogP) is 5.54. The van der Waals surface area contributed by atoms with Crippen molar-refractivity contribution in [3.8, 4) is 22.4 Å². The normalized spacial score (nSPS) is 19.8. The smallest absolute Gasteiger partial charge is 0.304 e. The van der Waals surface area contributed by atoms with Crippen molar-refractivity contribution in [1.82, 2.24) is 9.97 Å². The fourth-order valence-corrected chi connectivity index (χ4v) is 6.71. The third-order valence-corrected chi connectivity index (χ3v) is 8.89. The van der Waals surface area contributed by atoms with Crippen LogP contribution in [-0.2, 0) is 19.1 Å². The van der Waals surface area contributed by atoms with E-state index >= 15 is 0 Å². The fraction of sp³-hybridized carbons (Fsp3) is 0.452. The molecule has 1 aliphatic carbocycles. The van der Waals surface area contributed by atoms with Gasteiger partial charge in [-0.1, -0.05) is 24.3 Å². The summed E-state index contributed by atoms with van der Waals surface area (Å²) in [6, 6.07) is 11.8. The molecule has 2 aliphatic heterocycles. The van der Waals surface area contributed by atoms with Gasteiger partial charge in [-0.3, -0.25) is 24.2 Å². The summed E-state index contributed by atoms with van der Waals surface area (Å²) in [5.74, 6) is -1.03. The highest BCUT2D eigenvalue weighted by Crippen LogP contribution is 2.40. The van der Waals surface area contributed by atoms with E-state index in [-0.39, 0.29) is 30.4 Å². The lowest BCUT2D eigenvalue weighted by Crippen LogP contribution is -2.40. The zero-order valence-corrected chi connectivity index (χ0v) is 23.7. The lowest BCUT2D eigenvalue weighted by Gasteiger charge is -2.29. The summed E-state index contributed by atoms with van der Waals surface area (Å²) in [7, 11) is 0. The molecule has 2 saturated heterocycles. The number of benzene rings is 1. The monoisotopic (exact) mass is 574 g/mol. The van der Waals surface area contributed by atoms with Crippen LogP contribution in [-0.4, -0.2) is 58.2 Å². The van der Waals surface area contributed by atoms with Crippen molar-refractivity contribution in [3.05, 3.63) is 48.0 Å². The largest absolute Gasteiger partial charge is 0.481 e. The molecular weight excluding hydrogens is 540 g/mol. The maximum Gasteiger partial charge on any atom is 0.304 e. The van der Waals surface area contributed by atoms with Crippen molar-refractivity contribution in [2.24, 2.45) is 5.92 Å². The van der Waals surface area contributed by atoms with Gasteiger partial charge in [0.2, 0.25) is 11.8 Å². The van der Waals surface area contributed by atoms with Crippen LogP contribution in [0.25, 0.3) is 22.4 Å². The Kier molecular flexibility index (Phi) is 8.11. The average molecular weight is 575 g/mol. The summed E-state index contributed by atoms with van der Waals surface area (Å²) in [5, 5.41) is 12.2. The van der Waals surface area contributed by atoms with Gasteiger partial charge in [-0.05, 0) is 62.6 Å². The number of carboxylic acid groups (broad SMARTS) is 1. The number of ether oxygens (including phenoxy) is 1. The average Bonchev–Trinajstić information content (AvgIpc) is 3.53. The van der Waals surface area contributed by atoms with Gasteiger partial charge in [0, 0.05) is 48.3 Å². The van der Waals surface area contributed by atoms with E-state index in [1.54, 1.807) is 16.0 Å². The minimum atomic E-state index is -0.975. The molecule has 1 saturated carbocycles. The molecule has 10 heteroatoms. The molecule has 2 amide bonds. The van der Waals surface area contributed by atoms with Crippen molar-refractivity contribution < 1.29 is 24.2 Å². The first-order chi connectivity index (χ1) is 20.0.